The molecule has 1 unspecified atom stereocenters. The summed E-state index contributed by atoms with van der Waals surface area (Å²) >= 11 is 0. The van der Waals surface area contributed by atoms with Crippen LogP contribution < -0.4 is 5.32 Å². The highest BCUT2D eigenvalue weighted by atomic mass is 19.1. The summed E-state index contributed by atoms with van der Waals surface area (Å²) in [6.07, 6.45) is 3.87. The van der Waals surface area contributed by atoms with E-state index in [1.807, 2.05) is 0 Å². The third-order valence-corrected chi connectivity index (χ3v) is 4.22. The van der Waals surface area contributed by atoms with Crippen LogP contribution in [0.15, 0.2) is 22.6 Å². The van der Waals surface area contributed by atoms with Gasteiger partial charge in [-0.05, 0) is 30.9 Å². The Balaban J connectivity index is 1.66. The Hall–Kier alpha value is -2.44. The van der Waals surface area contributed by atoms with Crippen LogP contribution in [0, 0.1) is 11.7 Å². The molecule has 24 heavy (non-hydrogen) atoms. The van der Waals surface area contributed by atoms with Crippen LogP contribution in [0.4, 0.5) is 4.39 Å². The van der Waals surface area contributed by atoms with Gasteiger partial charge < -0.3 is 14.5 Å². The monoisotopic (exact) mass is 334 g/mol. The molecule has 1 aromatic heterocycles. The van der Waals surface area contributed by atoms with Crippen LogP contribution in [0.2, 0.25) is 0 Å². The predicted octanol–water partition coefficient (Wildman–Crippen LogP) is 2.71. The number of nitrogens with one attached hydrogen (secondary N) is 1. The van der Waals surface area contributed by atoms with Crippen molar-refractivity contribution in [2.75, 3.05) is 0 Å². The zero-order chi connectivity index (χ0) is 17.1. The van der Waals surface area contributed by atoms with Gasteiger partial charge in [0.05, 0.1) is 0 Å². The minimum Gasteiger partial charge on any atom is -0.454 e. The minimum atomic E-state index is -0.646. The summed E-state index contributed by atoms with van der Waals surface area (Å²) < 4.78 is 23.8. The maximum absolute atomic E-state index is 13.1. The molecule has 0 bridgehead atoms. The summed E-state index contributed by atoms with van der Waals surface area (Å²) in [4.78, 5) is 27.8. The first kappa shape index (κ1) is 16.4. The molecule has 1 aliphatic rings. The number of carbonyl (C=O) groups excluding carboxylic acids is 2. The number of halogens is 1. The summed E-state index contributed by atoms with van der Waals surface area (Å²) in [5.41, 5.74) is 0.798. The first-order valence-corrected chi connectivity index (χ1v) is 8.01. The lowest BCUT2D eigenvalue weighted by Crippen LogP contribution is -2.45. The van der Waals surface area contributed by atoms with Crippen molar-refractivity contribution in [3.63, 3.8) is 0 Å². The van der Waals surface area contributed by atoms with E-state index in [4.69, 9.17) is 9.15 Å². The lowest BCUT2D eigenvalue weighted by Gasteiger charge is -2.22. The minimum absolute atomic E-state index is 0.0964. The number of hydrogen-bond acceptors (Lipinski definition) is 5. The zero-order valence-electron chi connectivity index (χ0n) is 13.4. The molecular weight excluding hydrogens is 315 g/mol. The van der Waals surface area contributed by atoms with Crippen molar-refractivity contribution >= 4 is 23.0 Å². The normalized spacial score (nSPS) is 16.2. The molecule has 1 aromatic carbocycles. The van der Waals surface area contributed by atoms with Gasteiger partial charge in [-0.25, -0.2) is 14.2 Å². The molecule has 1 amide bonds. The summed E-state index contributed by atoms with van der Waals surface area (Å²) in [7, 11) is 0. The van der Waals surface area contributed by atoms with E-state index < -0.39 is 17.8 Å². The lowest BCUT2D eigenvalue weighted by atomic mass is 9.98. The molecule has 0 radical (unpaired) electrons. The summed E-state index contributed by atoms with van der Waals surface area (Å²) in [6, 6.07) is 3.37. The van der Waals surface area contributed by atoms with E-state index in [0.29, 0.717) is 11.1 Å². The Bertz CT molecular complexity index is 752. The topological polar surface area (TPSA) is 81.4 Å². The Labute approximate surface area is 138 Å². The summed E-state index contributed by atoms with van der Waals surface area (Å²) in [5.74, 6) is -0.892. The maximum atomic E-state index is 13.1. The molecule has 1 aliphatic carbocycles. The molecule has 6 nitrogen and oxygen atoms in total. The van der Waals surface area contributed by atoms with E-state index in [1.54, 1.807) is 0 Å². The number of carbonyl (C=O) groups is 2. The van der Waals surface area contributed by atoms with Crippen LogP contribution in [-0.2, 0) is 20.9 Å². The van der Waals surface area contributed by atoms with Crippen molar-refractivity contribution in [2.24, 2.45) is 5.92 Å². The first-order chi connectivity index (χ1) is 11.5. The highest BCUT2D eigenvalue weighted by Gasteiger charge is 2.32. The van der Waals surface area contributed by atoms with Crippen molar-refractivity contribution in [1.82, 2.24) is 10.3 Å². The molecule has 128 valence electrons. The summed E-state index contributed by atoms with van der Waals surface area (Å²) in [6.45, 7) is 1.22. The second-order valence-electron chi connectivity index (χ2n) is 6.05. The number of aromatic nitrogens is 1. The number of oxazole rings is 1. The lowest BCUT2D eigenvalue weighted by molar-refractivity contribution is -0.151. The number of ether oxygens (including phenoxy) is 1. The van der Waals surface area contributed by atoms with Crippen molar-refractivity contribution < 1.29 is 23.1 Å². The molecule has 1 fully saturated rings. The van der Waals surface area contributed by atoms with Gasteiger partial charge in [0, 0.05) is 13.0 Å². The average Bonchev–Trinajstić information content (AvgIpc) is 3.18. The molecule has 0 aliphatic heterocycles. The van der Waals surface area contributed by atoms with Gasteiger partial charge >= 0.3 is 5.97 Å². The fourth-order valence-electron chi connectivity index (χ4n) is 3.11. The van der Waals surface area contributed by atoms with E-state index >= 15 is 0 Å². The van der Waals surface area contributed by atoms with Crippen molar-refractivity contribution in [3.05, 3.63) is 29.9 Å². The zero-order valence-corrected chi connectivity index (χ0v) is 13.4. The molecule has 0 spiro atoms. The van der Waals surface area contributed by atoms with E-state index in [1.165, 1.54) is 25.1 Å². The fraction of sp³-hybridized carbons (Fsp3) is 0.471. The Kier molecular flexibility index (Phi) is 4.78. The molecular formula is C17H19FN2O4. The number of hydrogen-bond donors (Lipinski definition) is 1. The summed E-state index contributed by atoms with van der Waals surface area (Å²) in [5, 5.41) is 2.68. The maximum Gasteiger partial charge on any atom is 0.329 e. The van der Waals surface area contributed by atoms with Gasteiger partial charge in [0.15, 0.2) is 12.2 Å². The highest BCUT2D eigenvalue weighted by molar-refractivity contribution is 5.83. The van der Waals surface area contributed by atoms with Crippen LogP contribution >= 0.6 is 0 Å². The number of esters is 1. The molecule has 1 atom stereocenters. The van der Waals surface area contributed by atoms with Crippen molar-refractivity contribution in [1.29, 1.82) is 0 Å². The predicted molar refractivity (Wildman–Crippen MR) is 83.3 cm³/mol. The van der Waals surface area contributed by atoms with Crippen LogP contribution in [0.1, 0.15) is 38.5 Å². The number of amides is 1. The van der Waals surface area contributed by atoms with Gasteiger partial charge in [-0.15, -0.1) is 0 Å². The van der Waals surface area contributed by atoms with Gasteiger partial charge in [-0.1, -0.05) is 12.8 Å². The van der Waals surface area contributed by atoms with Gasteiger partial charge in [0.2, 0.25) is 11.8 Å². The van der Waals surface area contributed by atoms with Gasteiger partial charge in [-0.3, -0.25) is 4.79 Å². The molecule has 3 rings (SSSR count). The average molecular weight is 334 g/mol. The fourth-order valence-corrected chi connectivity index (χ4v) is 3.11. The molecule has 1 saturated carbocycles. The Morgan fingerprint density at radius 1 is 1.42 bits per heavy atom. The van der Waals surface area contributed by atoms with Crippen molar-refractivity contribution in [3.8, 4) is 0 Å². The molecule has 1 N–H and O–H groups in total. The quantitative estimate of drug-likeness (QED) is 0.850. The molecule has 7 heteroatoms. The second kappa shape index (κ2) is 6.98. The van der Waals surface area contributed by atoms with E-state index in [9.17, 15) is 14.0 Å². The number of benzene rings is 1. The van der Waals surface area contributed by atoms with E-state index in [2.05, 4.69) is 10.3 Å². The first-order valence-electron chi connectivity index (χ1n) is 8.01. The van der Waals surface area contributed by atoms with Crippen LogP contribution in [0.3, 0.4) is 0 Å². The third-order valence-electron chi connectivity index (χ3n) is 4.22. The van der Waals surface area contributed by atoms with Gasteiger partial charge in [0.1, 0.15) is 17.4 Å². The number of nitrogens with zero attached hydrogens (tertiary/aromatic N) is 1. The SMILES string of the molecule is CC(=O)NC(C(=O)OCc1nc2ccc(F)cc2o1)C1CCCC1. The number of fused-ring (bicyclic) bond motifs is 1. The molecule has 1 heterocycles. The van der Waals surface area contributed by atoms with Crippen LogP contribution in [-0.4, -0.2) is 22.9 Å². The van der Waals surface area contributed by atoms with Crippen molar-refractivity contribution in [2.45, 2.75) is 45.3 Å². The molecule has 0 saturated heterocycles. The molecule has 2 aromatic rings. The highest BCUT2D eigenvalue weighted by Crippen LogP contribution is 2.28. The number of rotatable bonds is 5. The third kappa shape index (κ3) is 3.72. The smallest absolute Gasteiger partial charge is 0.329 e. The standard InChI is InChI=1S/C17H19FN2O4/c1-10(21)19-16(11-4-2-3-5-11)17(22)23-9-15-20-13-7-6-12(18)8-14(13)24-15/h6-8,11,16H,2-5,9H2,1H3,(H,19,21). The van der Waals surface area contributed by atoms with E-state index in [-0.39, 0.29) is 24.3 Å². The van der Waals surface area contributed by atoms with Crippen LogP contribution in [0.5, 0.6) is 0 Å². The van der Waals surface area contributed by atoms with Crippen LogP contribution in [0.25, 0.3) is 11.1 Å². The van der Waals surface area contributed by atoms with Gasteiger partial charge in [-0.2, -0.15) is 0 Å². The Morgan fingerprint density at radius 3 is 2.88 bits per heavy atom. The van der Waals surface area contributed by atoms with E-state index in [0.717, 1.165) is 25.7 Å². The largest absolute Gasteiger partial charge is 0.454 e. The second-order valence-corrected chi connectivity index (χ2v) is 6.05. The van der Waals surface area contributed by atoms with Gasteiger partial charge in [0.25, 0.3) is 0 Å². The Morgan fingerprint density at radius 2 is 2.17 bits per heavy atom.